The molecule has 0 saturated heterocycles. The van der Waals surface area contributed by atoms with E-state index in [1.165, 1.54) is 15.6 Å². The number of carbonyl (C=O) groups is 1. The molecule has 0 bridgehead atoms. The lowest BCUT2D eigenvalue weighted by Gasteiger charge is -2.23. The molecule has 0 aliphatic carbocycles. The zero-order valence-electron chi connectivity index (χ0n) is 14.8. The van der Waals surface area contributed by atoms with Gasteiger partial charge in [0, 0.05) is 6.54 Å². The van der Waals surface area contributed by atoms with Gasteiger partial charge < -0.3 is 5.32 Å². The van der Waals surface area contributed by atoms with E-state index in [2.05, 4.69) is 15.5 Å². The predicted octanol–water partition coefficient (Wildman–Crippen LogP) is 1.06. The van der Waals surface area contributed by atoms with Crippen molar-refractivity contribution in [3.05, 3.63) is 44.0 Å². The van der Waals surface area contributed by atoms with Gasteiger partial charge in [0.25, 0.3) is 0 Å². The van der Waals surface area contributed by atoms with Gasteiger partial charge in [0.15, 0.2) is 0 Å². The van der Waals surface area contributed by atoms with Gasteiger partial charge in [0.2, 0.25) is 5.91 Å². The third-order valence-electron chi connectivity index (χ3n) is 4.04. The molecular formula is C14H19N7O5. The highest BCUT2D eigenvalue weighted by molar-refractivity contribution is 5.83. The van der Waals surface area contributed by atoms with Gasteiger partial charge in [0.1, 0.15) is 29.3 Å². The first kappa shape index (κ1) is 19.0. The van der Waals surface area contributed by atoms with Gasteiger partial charge in [-0.25, -0.2) is 0 Å². The monoisotopic (exact) mass is 365 g/mol. The summed E-state index contributed by atoms with van der Waals surface area (Å²) in [5.74, 6) is -0.397. The maximum absolute atomic E-state index is 12.4. The van der Waals surface area contributed by atoms with Gasteiger partial charge in [-0.05, 0) is 27.7 Å². The molecule has 0 aromatic carbocycles. The minimum absolute atomic E-state index is 0.0412. The van der Waals surface area contributed by atoms with E-state index in [0.29, 0.717) is 11.4 Å². The largest absolute Gasteiger partial charge is 0.352 e. The number of nitrogens with zero attached hydrogens (tertiary/aromatic N) is 6. The van der Waals surface area contributed by atoms with E-state index in [0.717, 1.165) is 6.20 Å². The normalized spacial score (nSPS) is 11.4. The topological polar surface area (TPSA) is 151 Å². The van der Waals surface area contributed by atoms with Gasteiger partial charge in [-0.15, -0.1) is 0 Å². The molecule has 2 aromatic rings. The quantitative estimate of drug-likeness (QED) is 0.569. The molecular weight excluding hydrogens is 346 g/mol. The lowest BCUT2D eigenvalue weighted by Crippen LogP contribution is -2.45. The molecule has 0 atom stereocenters. The summed E-state index contributed by atoms with van der Waals surface area (Å²) >= 11 is 0. The second kappa shape index (κ2) is 6.90. The molecule has 140 valence electrons. The second-order valence-corrected chi connectivity index (χ2v) is 6.21. The van der Waals surface area contributed by atoms with Crippen molar-refractivity contribution in [3.63, 3.8) is 0 Å². The summed E-state index contributed by atoms with van der Waals surface area (Å²) in [6.07, 6.45) is 2.26. The summed E-state index contributed by atoms with van der Waals surface area (Å²) in [4.78, 5) is 33.1. The van der Waals surface area contributed by atoms with E-state index in [1.807, 2.05) is 0 Å². The SMILES string of the molecule is Cc1nn(CCNC(=O)C(C)(C)n2cc([N+](=O)[O-])cn2)c(C)c1[N+](=O)[O-]. The van der Waals surface area contributed by atoms with Crippen LogP contribution >= 0.6 is 0 Å². The van der Waals surface area contributed by atoms with Gasteiger partial charge in [-0.2, -0.15) is 10.2 Å². The minimum Gasteiger partial charge on any atom is -0.352 e. The number of aromatic nitrogens is 4. The van der Waals surface area contributed by atoms with E-state index in [4.69, 9.17) is 0 Å². The molecule has 0 saturated carbocycles. The van der Waals surface area contributed by atoms with Crippen LogP contribution in [0.4, 0.5) is 11.4 Å². The molecule has 0 fully saturated rings. The average Bonchev–Trinajstić information content (AvgIpc) is 3.13. The van der Waals surface area contributed by atoms with Crippen LogP contribution in [0.1, 0.15) is 25.2 Å². The van der Waals surface area contributed by atoms with E-state index in [9.17, 15) is 25.0 Å². The number of nitro groups is 2. The molecule has 0 aliphatic heterocycles. The van der Waals surface area contributed by atoms with Crippen LogP contribution in [0.15, 0.2) is 12.4 Å². The van der Waals surface area contributed by atoms with Crippen LogP contribution in [-0.2, 0) is 16.9 Å². The molecule has 2 aromatic heterocycles. The van der Waals surface area contributed by atoms with Gasteiger partial charge in [-0.1, -0.05) is 0 Å². The Morgan fingerprint density at radius 3 is 2.42 bits per heavy atom. The maximum Gasteiger partial charge on any atom is 0.312 e. The first-order valence-electron chi connectivity index (χ1n) is 7.72. The third kappa shape index (κ3) is 3.53. The van der Waals surface area contributed by atoms with Crippen molar-refractivity contribution in [1.29, 1.82) is 0 Å². The first-order valence-corrected chi connectivity index (χ1v) is 7.72. The van der Waals surface area contributed by atoms with Crippen molar-refractivity contribution in [1.82, 2.24) is 24.9 Å². The van der Waals surface area contributed by atoms with Crippen molar-refractivity contribution in [2.45, 2.75) is 39.8 Å². The zero-order chi connectivity index (χ0) is 19.6. The summed E-state index contributed by atoms with van der Waals surface area (Å²) in [6, 6.07) is 0. The Labute approximate surface area is 148 Å². The number of hydrogen-bond acceptors (Lipinski definition) is 7. The highest BCUT2D eigenvalue weighted by Crippen LogP contribution is 2.21. The molecule has 12 nitrogen and oxygen atoms in total. The van der Waals surface area contributed by atoms with Crippen LogP contribution < -0.4 is 5.32 Å². The number of hydrogen-bond donors (Lipinski definition) is 1. The molecule has 0 aliphatic rings. The second-order valence-electron chi connectivity index (χ2n) is 6.21. The highest BCUT2D eigenvalue weighted by Gasteiger charge is 2.32. The summed E-state index contributed by atoms with van der Waals surface area (Å²) in [5, 5.41) is 32.4. The molecule has 2 heterocycles. The Hall–Kier alpha value is -3.31. The Bertz CT molecular complexity index is 867. The van der Waals surface area contributed by atoms with Crippen LogP contribution in [-0.4, -0.2) is 41.9 Å². The minimum atomic E-state index is -1.14. The van der Waals surface area contributed by atoms with E-state index in [1.54, 1.807) is 27.7 Å². The third-order valence-corrected chi connectivity index (χ3v) is 4.04. The standard InChI is InChI=1S/C14H19N7O5/c1-9-12(21(25)26)10(2)18(17-9)6-5-15-13(22)14(3,4)19-8-11(7-16-19)20(23)24/h7-8H,5-6H2,1-4H3,(H,15,22). The van der Waals surface area contributed by atoms with Crippen molar-refractivity contribution >= 4 is 17.3 Å². The Balaban J connectivity index is 2.03. The fourth-order valence-electron chi connectivity index (χ4n) is 2.48. The summed E-state index contributed by atoms with van der Waals surface area (Å²) in [6.45, 7) is 6.73. The van der Waals surface area contributed by atoms with E-state index >= 15 is 0 Å². The molecule has 0 radical (unpaired) electrons. The van der Waals surface area contributed by atoms with Crippen LogP contribution in [0, 0.1) is 34.1 Å². The highest BCUT2D eigenvalue weighted by atomic mass is 16.6. The van der Waals surface area contributed by atoms with Crippen LogP contribution in [0.5, 0.6) is 0 Å². The Morgan fingerprint density at radius 1 is 1.27 bits per heavy atom. The summed E-state index contributed by atoms with van der Waals surface area (Å²) < 4.78 is 2.67. The molecule has 12 heteroatoms. The molecule has 26 heavy (non-hydrogen) atoms. The smallest absolute Gasteiger partial charge is 0.312 e. The lowest BCUT2D eigenvalue weighted by atomic mass is 10.1. The van der Waals surface area contributed by atoms with Crippen LogP contribution in [0.3, 0.4) is 0 Å². The van der Waals surface area contributed by atoms with Gasteiger partial charge in [0.05, 0.1) is 16.4 Å². The van der Waals surface area contributed by atoms with Crippen molar-refractivity contribution in [2.75, 3.05) is 6.54 Å². The average molecular weight is 365 g/mol. The summed E-state index contributed by atoms with van der Waals surface area (Å²) in [5.41, 5.74) is -0.678. The number of amides is 1. The Kier molecular flexibility index (Phi) is 5.05. The first-order chi connectivity index (χ1) is 12.1. The molecule has 2 rings (SSSR count). The fraction of sp³-hybridized carbons (Fsp3) is 0.500. The van der Waals surface area contributed by atoms with Crippen molar-refractivity contribution in [3.8, 4) is 0 Å². The zero-order valence-corrected chi connectivity index (χ0v) is 14.8. The van der Waals surface area contributed by atoms with Crippen molar-refractivity contribution in [2.24, 2.45) is 0 Å². The molecule has 1 amide bonds. The van der Waals surface area contributed by atoms with E-state index < -0.39 is 21.3 Å². The fourth-order valence-corrected chi connectivity index (χ4v) is 2.48. The summed E-state index contributed by atoms with van der Waals surface area (Å²) in [7, 11) is 0. The maximum atomic E-state index is 12.4. The Morgan fingerprint density at radius 2 is 1.92 bits per heavy atom. The van der Waals surface area contributed by atoms with Crippen LogP contribution in [0.2, 0.25) is 0 Å². The number of aryl methyl sites for hydroxylation is 1. The lowest BCUT2D eigenvalue weighted by molar-refractivity contribution is -0.386. The molecule has 0 unspecified atom stereocenters. The van der Waals surface area contributed by atoms with Gasteiger partial charge in [-0.3, -0.25) is 34.4 Å². The molecule has 0 spiro atoms. The van der Waals surface area contributed by atoms with E-state index in [-0.39, 0.29) is 24.5 Å². The van der Waals surface area contributed by atoms with Crippen molar-refractivity contribution < 1.29 is 14.6 Å². The number of nitrogens with one attached hydrogen (secondary N) is 1. The predicted molar refractivity (Wildman–Crippen MR) is 89.6 cm³/mol. The number of carbonyl (C=O) groups excluding carboxylic acids is 1. The van der Waals surface area contributed by atoms with Crippen LogP contribution in [0.25, 0.3) is 0 Å². The number of rotatable bonds is 7. The molecule has 1 N–H and O–H groups in total. The van der Waals surface area contributed by atoms with Gasteiger partial charge >= 0.3 is 11.4 Å².